The molecule has 5 aromatic rings. The second-order valence-corrected chi connectivity index (χ2v) is 9.07. The van der Waals surface area contributed by atoms with Gasteiger partial charge >= 0.3 is 0 Å². The predicted molar refractivity (Wildman–Crippen MR) is 154 cm³/mol. The fraction of sp³-hybridized carbons (Fsp3) is 0.152. The van der Waals surface area contributed by atoms with Gasteiger partial charge in [0.2, 0.25) is 11.2 Å². The summed E-state index contributed by atoms with van der Waals surface area (Å²) in [4.78, 5) is 25.7. The Labute approximate surface area is 226 Å². The van der Waals surface area contributed by atoms with Gasteiger partial charge in [-0.25, -0.2) is 0 Å². The van der Waals surface area contributed by atoms with E-state index in [4.69, 9.17) is 13.9 Å². The van der Waals surface area contributed by atoms with Crippen LogP contribution in [0.1, 0.15) is 25.0 Å². The summed E-state index contributed by atoms with van der Waals surface area (Å²) in [5.41, 5.74) is 5.21. The van der Waals surface area contributed by atoms with Crippen molar-refractivity contribution in [3.63, 3.8) is 0 Å². The van der Waals surface area contributed by atoms with Crippen molar-refractivity contribution in [2.24, 2.45) is 0 Å². The third kappa shape index (κ3) is 5.85. The van der Waals surface area contributed by atoms with Gasteiger partial charge in [-0.1, -0.05) is 74.5 Å². The van der Waals surface area contributed by atoms with Crippen molar-refractivity contribution < 1.29 is 18.7 Å². The normalized spacial score (nSPS) is 10.8. The van der Waals surface area contributed by atoms with Gasteiger partial charge in [-0.15, -0.1) is 0 Å². The van der Waals surface area contributed by atoms with E-state index in [2.05, 4.69) is 19.2 Å². The van der Waals surface area contributed by atoms with E-state index in [0.717, 1.165) is 40.8 Å². The number of ether oxygens (including phenoxy) is 2. The fourth-order valence-electron chi connectivity index (χ4n) is 4.45. The van der Waals surface area contributed by atoms with E-state index in [1.807, 2.05) is 72.8 Å². The van der Waals surface area contributed by atoms with Crippen molar-refractivity contribution in [2.75, 3.05) is 11.9 Å². The van der Waals surface area contributed by atoms with Gasteiger partial charge in [0.15, 0.2) is 6.61 Å². The second kappa shape index (κ2) is 11.7. The van der Waals surface area contributed by atoms with E-state index >= 15 is 0 Å². The molecule has 1 heterocycles. The van der Waals surface area contributed by atoms with Gasteiger partial charge in [0.1, 0.15) is 23.3 Å². The zero-order valence-electron chi connectivity index (χ0n) is 21.9. The van der Waals surface area contributed by atoms with Crippen LogP contribution in [-0.2, 0) is 17.6 Å². The molecule has 1 aromatic heterocycles. The Bertz CT molecular complexity index is 1630. The zero-order chi connectivity index (χ0) is 27.2. The smallest absolute Gasteiger partial charge is 0.262 e. The van der Waals surface area contributed by atoms with E-state index < -0.39 is 0 Å². The molecule has 0 radical (unpaired) electrons. The van der Waals surface area contributed by atoms with Crippen LogP contribution in [0.15, 0.2) is 106 Å². The predicted octanol–water partition coefficient (Wildman–Crippen LogP) is 7.39. The number of benzene rings is 4. The first kappa shape index (κ1) is 25.8. The van der Waals surface area contributed by atoms with Crippen molar-refractivity contribution in [3.05, 3.63) is 119 Å². The van der Waals surface area contributed by atoms with E-state index in [1.165, 1.54) is 6.26 Å². The number of nitrogens with one attached hydrogen (secondary N) is 1. The third-order valence-corrected chi connectivity index (χ3v) is 6.54. The number of anilines is 1. The SMILES string of the molecule is CCc1cccc(CC)c1NC(=O)COc1ccc2c(=O)c(Oc3ccc(-c4ccccc4)cc3)coc2c1. The Hall–Kier alpha value is -4.84. The highest BCUT2D eigenvalue weighted by atomic mass is 16.5. The van der Waals surface area contributed by atoms with Gasteiger partial charge in [0, 0.05) is 11.8 Å². The molecule has 1 amide bonds. The van der Waals surface area contributed by atoms with Gasteiger partial charge < -0.3 is 19.2 Å². The number of carbonyl (C=O) groups excluding carboxylic acids is 1. The molecule has 0 spiro atoms. The maximum Gasteiger partial charge on any atom is 0.262 e. The Balaban J connectivity index is 1.26. The molecule has 39 heavy (non-hydrogen) atoms. The summed E-state index contributed by atoms with van der Waals surface area (Å²) < 4.78 is 17.2. The van der Waals surface area contributed by atoms with Gasteiger partial charge in [-0.2, -0.15) is 0 Å². The molecule has 0 saturated heterocycles. The van der Waals surface area contributed by atoms with Crippen LogP contribution in [0.3, 0.4) is 0 Å². The van der Waals surface area contributed by atoms with Crippen LogP contribution in [0.2, 0.25) is 0 Å². The van der Waals surface area contributed by atoms with Crippen LogP contribution >= 0.6 is 0 Å². The minimum absolute atomic E-state index is 0.0873. The number of hydrogen-bond acceptors (Lipinski definition) is 5. The van der Waals surface area contributed by atoms with Gasteiger partial charge in [-0.3, -0.25) is 9.59 Å². The molecule has 0 fully saturated rings. The highest BCUT2D eigenvalue weighted by Crippen LogP contribution is 2.27. The number of amides is 1. The molecule has 0 bridgehead atoms. The summed E-state index contributed by atoms with van der Waals surface area (Å²) in [6, 6.07) is 28.4. The summed E-state index contributed by atoms with van der Waals surface area (Å²) in [5.74, 6) is 0.784. The Morgan fingerprint density at radius 3 is 2.15 bits per heavy atom. The van der Waals surface area contributed by atoms with Crippen molar-refractivity contribution in [1.82, 2.24) is 0 Å². The molecule has 4 aromatic carbocycles. The van der Waals surface area contributed by atoms with Gasteiger partial charge in [0.05, 0.1) is 5.39 Å². The molecule has 5 rings (SSSR count). The zero-order valence-corrected chi connectivity index (χ0v) is 21.9. The van der Waals surface area contributed by atoms with Crippen LogP contribution in [0.25, 0.3) is 22.1 Å². The molecule has 6 heteroatoms. The van der Waals surface area contributed by atoms with Crippen molar-refractivity contribution in [1.29, 1.82) is 0 Å². The summed E-state index contributed by atoms with van der Waals surface area (Å²) in [5, 5.41) is 3.34. The van der Waals surface area contributed by atoms with Crippen molar-refractivity contribution >= 4 is 22.6 Å². The van der Waals surface area contributed by atoms with E-state index in [0.29, 0.717) is 22.5 Å². The lowest BCUT2D eigenvalue weighted by Gasteiger charge is -2.14. The number of rotatable bonds is 9. The van der Waals surface area contributed by atoms with Gasteiger partial charge in [-0.05, 0) is 59.4 Å². The maximum absolute atomic E-state index is 13.0. The first-order valence-electron chi connectivity index (χ1n) is 13.0. The largest absolute Gasteiger partial charge is 0.484 e. The molecule has 1 N–H and O–H groups in total. The first-order chi connectivity index (χ1) is 19.1. The molecule has 196 valence electrons. The summed E-state index contributed by atoms with van der Waals surface area (Å²) in [6.07, 6.45) is 2.93. The number of aryl methyl sites for hydroxylation is 2. The average Bonchev–Trinajstić information content (AvgIpc) is 2.98. The molecule has 0 aliphatic heterocycles. The van der Waals surface area contributed by atoms with Crippen LogP contribution in [0.4, 0.5) is 5.69 Å². The second-order valence-electron chi connectivity index (χ2n) is 9.07. The Kier molecular flexibility index (Phi) is 7.73. The van der Waals surface area contributed by atoms with Gasteiger partial charge in [0.25, 0.3) is 5.91 Å². The van der Waals surface area contributed by atoms with Crippen LogP contribution in [0, 0.1) is 0 Å². The fourth-order valence-corrected chi connectivity index (χ4v) is 4.45. The quantitative estimate of drug-likeness (QED) is 0.220. The molecule has 6 nitrogen and oxygen atoms in total. The standard InChI is InChI=1S/C33H29NO5/c1-3-22-11-8-12-23(4-2)32(22)34-31(35)21-37-27-17-18-28-29(19-27)38-20-30(33(28)36)39-26-15-13-25(14-16-26)24-9-6-5-7-10-24/h5-20H,3-4,21H2,1-2H3,(H,34,35). The molecule has 0 atom stereocenters. The van der Waals surface area contributed by atoms with Crippen LogP contribution in [-0.4, -0.2) is 12.5 Å². The lowest BCUT2D eigenvalue weighted by molar-refractivity contribution is -0.118. The van der Waals surface area contributed by atoms with Crippen molar-refractivity contribution in [3.8, 4) is 28.4 Å². The lowest BCUT2D eigenvalue weighted by atomic mass is 10.0. The molecule has 0 aliphatic rings. The topological polar surface area (TPSA) is 77.8 Å². The van der Waals surface area contributed by atoms with E-state index in [9.17, 15) is 9.59 Å². The molecule has 0 aliphatic carbocycles. The van der Waals surface area contributed by atoms with Crippen LogP contribution < -0.4 is 20.2 Å². The molecule has 0 saturated carbocycles. The number of hydrogen-bond donors (Lipinski definition) is 1. The summed E-state index contributed by atoms with van der Waals surface area (Å²) >= 11 is 0. The Morgan fingerprint density at radius 2 is 1.46 bits per heavy atom. The number of carbonyl (C=O) groups is 1. The molecule has 0 unspecified atom stereocenters. The minimum Gasteiger partial charge on any atom is -0.484 e. The maximum atomic E-state index is 13.0. The first-order valence-corrected chi connectivity index (χ1v) is 13.0. The summed E-state index contributed by atoms with van der Waals surface area (Å²) in [7, 11) is 0. The van der Waals surface area contributed by atoms with Crippen LogP contribution in [0.5, 0.6) is 17.2 Å². The summed E-state index contributed by atoms with van der Waals surface area (Å²) in [6.45, 7) is 3.95. The highest BCUT2D eigenvalue weighted by molar-refractivity contribution is 5.93. The minimum atomic E-state index is -0.295. The third-order valence-electron chi connectivity index (χ3n) is 6.54. The number of fused-ring (bicyclic) bond motifs is 1. The number of para-hydroxylation sites is 1. The molecular weight excluding hydrogens is 490 g/mol. The Morgan fingerprint density at radius 1 is 0.795 bits per heavy atom. The van der Waals surface area contributed by atoms with Crippen molar-refractivity contribution in [2.45, 2.75) is 26.7 Å². The van der Waals surface area contributed by atoms with E-state index in [1.54, 1.807) is 18.2 Å². The lowest BCUT2D eigenvalue weighted by Crippen LogP contribution is -2.21. The van der Waals surface area contributed by atoms with E-state index in [-0.39, 0.29) is 23.7 Å². The average molecular weight is 520 g/mol. The monoisotopic (exact) mass is 519 g/mol. The molecular formula is C33H29NO5. The highest BCUT2D eigenvalue weighted by Gasteiger charge is 2.13.